The normalized spacial score (nSPS) is 10.1. The van der Waals surface area contributed by atoms with Gasteiger partial charge in [0, 0.05) is 18.3 Å². The van der Waals surface area contributed by atoms with E-state index in [9.17, 15) is 20.0 Å². The van der Waals surface area contributed by atoms with E-state index < -0.39 is 10.8 Å². The second-order valence-corrected chi connectivity index (χ2v) is 4.15. The summed E-state index contributed by atoms with van der Waals surface area (Å²) in [5.41, 5.74) is -0.337. The third-order valence-corrected chi connectivity index (χ3v) is 2.75. The zero-order chi connectivity index (χ0) is 14.7. The average Bonchev–Trinajstić information content (AvgIpc) is 2.41. The minimum atomic E-state index is -0.701. The lowest BCUT2D eigenvalue weighted by atomic mass is 10.2. The van der Waals surface area contributed by atoms with Gasteiger partial charge in [0.1, 0.15) is 0 Å². The highest BCUT2D eigenvalue weighted by atomic mass is 35.5. The Morgan fingerprint density at radius 1 is 1.40 bits per heavy atom. The summed E-state index contributed by atoms with van der Waals surface area (Å²) in [7, 11) is 0. The van der Waals surface area contributed by atoms with Gasteiger partial charge >= 0.3 is 0 Å². The summed E-state index contributed by atoms with van der Waals surface area (Å²) in [4.78, 5) is 25.8. The van der Waals surface area contributed by atoms with E-state index in [2.05, 4.69) is 10.3 Å². The van der Waals surface area contributed by atoms with Gasteiger partial charge in [0.25, 0.3) is 11.6 Å². The lowest BCUT2D eigenvalue weighted by Crippen LogP contribution is -2.13. The molecule has 0 unspecified atom stereocenters. The predicted octanol–water partition coefficient (Wildman–Crippen LogP) is 2.60. The number of carbonyl (C=O) groups excluding carboxylic acids is 1. The highest BCUT2D eigenvalue weighted by Crippen LogP contribution is 2.24. The van der Waals surface area contributed by atoms with Crippen LogP contribution in [0.5, 0.6) is 5.75 Å². The first-order chi connectivity index (χ1) is 9.49. The summed E-state index contributed by atoms with van der Waals surface area (Å²) in [5, 5.41) is 22.6. The highest BCUT2D eigenvalue weighted by molar-refractivity contribution is 6.34. The standard InChI is InChI=1S/C12H8ClN3O4/c13-9-4-3-7(16(19)20)6-8(9)12(18)15-11-10(17)2-1-5-14-11/h1-6,17H,(H,14,15,18). The van der Waals surface area contributed by atoms with Crippen molar-refractivity contribution in [3.8, 4) is 5.75 Å². The van der Waals surface area contributed by atoms with Crippen molar-refractivity contribution in [1.82, 2.24) is 4.98 Å². The molecule has 102 valence electrons. The van der Waals surface area contributed by atoms with Crippen LogP contribution in [-0.4, -0.2) is 20.9 Å². The highest BCUT2D eigenvalue weighted by Gasteiger charge is 2.17. The SMILES string of the molecule is O=C(Nc1ncccc1O)c1cc([N+](=O)[O-])ccc1Cl. The number of nitro benzene ring substituents is 1. The molecule has 2 rings (SSSR count). The molecule has 0 atom stereocenters. The molecule has 0 aliphatic heterocycles. The van der Waals surface area contributed by atoms with Crippen LogP contribution in [0.15, 0.2) is 36.5 Å². The molecule has 0 spiro atoms. The fourth-order valence-corrected chi connectivity index (χ4v) is 1.67. The van der Waals surface area contributed by atoms with Gasteiger partial charge in [-0.05, 0) is 18.2 Å². The molecule has 7 nitrogen and oxygen atoms in total. The van der Waals surface area contributed by atoms with Gasteiger partial charge in [-0.25, -0.2) is 4.98 Å². The Hall–Kier alpha value is -2.67. The number of non-ortho nitro benzene ring substituents is 1. The minimum absolute atomic E-state index is 0.0555. The molecule has 0 saturated heterocycles. The number of halogens is 1. The van der Waals surface area contributed by atoms with E-state index in [1.54, 1.807) is 0 Å². The van der Waals surface area contributed by atoms with Gasteiger partial charge in [-0.15, -0.1) is 0 Å². The number of nitrogens with one attached hydrogen (secondary N) is 1. The van der Waals surface area contributed by atoms with Crippen LogP contribution < -0.4 is 5.32 Å². The molecule has 0 aliphatic carbocycles. The van der Waals surface area contributed by atoms with E-state index in [0.717, 1.165) is 6.07 Å². The average molecular weight is 294 g/mol. The minimum Gasteiger partial charge on any atom is -0.504 e. The van der Waals surface area contributed by atoms with Crippen molar-refractivity contribution in [3.63, 3.8) is 0 Å². The molecule has 2 aromatic rings. The summed E-state index contributed by atoms with van der Waals surface area (Å²) in [5.74, 6) is -0.977. The van der Waals surface area contributed by atoms with Crippen LogP contribution in [-0.2, 0) is 0 Å². The van der Waals surface area contributed by atoms with Gasteiger partial charge in [0.05, 0.1) is 15.5 Å². The fraction of sp³-hybridized carbons (Fsp3) is 0. The van der Waals surface area contributed by atoms with Crippen LogP contribution in [0.4, 0.5) is 11.5 Å². The Labute approximate surface area is 118 Å². The smallest absolute Gasteiger partial charge is 0.270 e. The first-order valence-electron chi connectivity index (χ1n) is 5.38. The second kappa shape index (κ2) is 5.54. The van der Waals surface area contributed by atoms with Crippen molar-refractivity contribution in [1.29, 1.82) is 0 Å². The maximum Gasteiger partial charge on any atom is 0.270 e. The van der Waals surface area contributed by atoms with Crippen molar-refractivity contribution in [3.05, 3.63) is 57.2 Å². The quantitative estimate of drug-likeness (QED) is 0.668. The maximum absolute atomic E-state index is 12.0. The molecule has 0 radical (unpaired) electrons. The molecule has 2 N–H and O–H groups in total. The molecule has 1 heterocycles. The van der Waals surface area contributed by atoms with Crippen LogP contribution in [0.3, 0.4) is 0 Å². The lowest BCUT2D eigenvalue weighted by Gasteiger charge is -2.07. The molecule has 1 aromatic carbocycles. The third-order valence-electron chi connectivity index (χ3n) is 2.42. The molecule has 1 aromatic heterocycles. The number of anilines is 1. The van der Waals surface area contributed by atoms with E-state index in [-0.39, 0.29) is 27.8 Å². The Morgan fingerprint density at radius 2 is 2.15 bits per heavy atom. The lowest BCUT2D eigenvalue weighted by molar-refractivity contribution is -0.384. The number of hydrogen-bond acceptors (Lipinski definition) is 5. The number of amides is 1. The molecule has 20 heavy (non-hydrogen) atoms. The maximum atomic E-state index is 12.0. The van der Waals surface area contributed by atoms with Crippen LogP contribution in [0.2, 0.25) is 5.02 Å². The number of pyridine rings is 1. The third kappa shape index (κ3) is 2.83. The Balaban J connectivity index is 2.32. The van der Waals surface area contributed by atoms with E-state index in [4.69, 9.17) is 11.6 Å². The first-order valence-corrected chi connectivity index (χ1v) is 5.76. The molecule has 0 saturated carbocycles. The number of rotatable bonds is 3. The predicted molar refractivity (Wildman–Crippen MR) is 72.0 cm³/mol. The topological polar surface area (TPSA) is 105 Å². The molecule has 0 bridgehead atoms. The van der Waals surface area contributed by atoms with Crippen molar-refractivity contribution >= 4 is 29.0 Å². The van der Waals surface area contributed by atoms with Crippen LogP contribution in [0.25, 0.3) is 0 Å². The van der Waals surface area contributed by atoms with Gasteiger partial charge in [-0.1, -0.05) is 11.6 Å². The number of benzene rings is 1. The summed E-state index contributed by atoms with van der Waals surface area (Å²) in [6.07, 6.45) is 1.38. The van der Waals surface area contributed by atoms with Crippen LogP contribution in [0.1, 0.15) is 10.4 Å². The molecular formula is C12H8ClN3O4. The van der Waals surface area contributed by atoms with Gasteiger partial charge in [-0.3, -0.25) is 14.9 Å². The molecular weight excluding hydrogens is 286 g/mol. The number of aromatic nitrogens is 1. The summed E-state index contributed by atoms with van der Waals surface area (Å²) in [6, 6.07) is 6.34. The van der Waals surface area contributed by atoms with Crippen LogP contribution in [0, 0.1) is 10.1 Å². The number of nitrogens with zero attached hydrogens (tertiary/aromatic N) is 2. The molecule has 0 fully saturated rings. The fourth-order valence-electron chi connectivity index (χ4n) is 1.47. The second-order valence-electron chi connectivity index (χ2n) is 3.75. The van der Waals surface area contributed by atoms with Crippen molar-refractivity contribution in [2.75, 3.05) is 5.32 Å². The number of aromatic hydroxyl groups is 1. The van der Waals surface area contributed by atoms with Gasteiger partial charge in [0.2, 0.25) is 0 Å². The summed E-state index contributed by atoms with van der Waals surface area (Å²) >= 11 is 5.84. The Kier molecular flexibility index (Phi) is 3.81. The van der Waals surface area contributed by atoms with E-state index in [0.29, 0.717) is 0 Å². The number of carbonyl (C=O) groups is 1. The zero-order valence-corrected chi connectivity index (χ0v) is 10.7. The van der Waals surface area contributed by atoms with Crippen LogP contribution >= 0.6 is 11.6 Å². The molecule has 8 heteroatoms. The zero-order valence-electron chi connectivity index (χ0n) is 9.91. The van der Waals surface area contributed by atoms with Crippen molar-refractivity contribution < 1.29 is 14.8 Å². The largest absolute Gasteiger partial charge is 0.504 e. The van der Waals surface area contributed by atoms with Crippen molar-refractivity contribution in [2.24, 2.45) is 0 Å². The van der Waals surface area contributed by atoms with E-state index in [1.807, 2.05) is 0 Å². The van der Waals surface area contributed by atoms with E-state index in [1.165, 1.54) is 30.5 Å². The molecule has 1 amide bonds. The Morgan fingerprint density at radius 3 is 2.80 bits per heavy atom. The summed E-state index contributed by atoms with van der Waals surface area (Å²) < 4.78 is 0. The number of hydrogen-bond donors (Lipinski definition) is 2. The first kappa shape index (κ1) is 13.8. The summed E-state index contributed by atoms with van der Waals surface area (Å²) in [6.45, 7) is 0. The van der Waals surface area contributed by atoms with Gasteiger partial charge in [0.15, 0.2) is 11.6 Å². The van der Waals surface area contributed by atoms with Gasteiger partial charge in [-0.2, -0.15) is 0 Å². The molecule has 0 aliphatic rings. The van der Waals surface area contributed by atoms with Gasteiger partial charge < -0.3 is 10.4 Å². The van der Waals surface area contributed by atoms with Crippen molar-refractivity contribution in [2.45, 2.75) is 0 Å². The Bertz CT molecular complexity index is 690. The number of nitro groups is 1. The van der Waals surface area contributed by atoms with E-state index >= 15 is 0 Å². The monoisotopic (exact) mass is 293 g/mol.